The van der Waals surface area contributed by atoms with Crippen molar-refractivity contribution in [2.24, 2.45) is 0 Å². The fourth-order valence-electron chi connectivity index (χ4n) is 0.969. The second kappa shape index (κ2) is 3.30. The minimum atomic E-state index is 0.167. The lowest BCUT2D eigenvalue weighted by Gasteiger charge is -2.00. The minimum Gasteiger partial charge on any atom is -0.508 e. The van der Waals surface area contributed by atoms with Crippen molar-refractivity contribution in [3.8, 4) is 11.5 Å². The van der Waals surface area contributed by atoms with Crippen molar-refractivity contribution in [1.29, 1.82) is 0 Å². The Morgan fingerprint density at radius 1 is 1.25 bits per heavy atom. The maximum atomic E-state index is 9.33. The largest absolute Gasteiger partial charge is 0.508 e. The molecule has 2 heteroatoms. The average molecular weight is 164 g/mol. The highest BCUT2D eigenvalue weighted by molar-refractivity contribution is 5.60. The smallest absolute Gasteiger partial charge is 0.123 e. The summed E-state index contributed by atoms with van der Waals surface area (Å²) in [6, 6.07) is 4.46. The molecule has 0 aliphatic carbocycles. The van der Waals surface area contributed by atoms with E-state index in [2.05, 4.69) is 0 Å². The molecular weight excluding hydrogens is 152 g/mol. The summed E-state index contributed by atoms with van der Waals surface area (Å²) in [5, 5.41) is 18.4. The van der Waals surface area contributed by atoms with Gasteiger partial charge in [-0.1, -0.05) is 11.6 Å². The lowest BCUT2D eigenvalue weighted by atomic mass is 10.1. The minimum absolute atomic E-state index is 0.167. The fourth-order valence-corrected chi connectivity index (χ4v) is 0.969. The Kier molecular flexibility index (Phi) is 2.38. The van der Waals surface area contributed by atoms with Crippen LogP contribution in [0.25, 0.3) is 6.08 Å². The van der Waals surface area contributed by atoms with Crippen molar-refractivity contribution in [1.82, 2.24) is 0 Å². The van der Waals surface area contributed by atoms with Gasteiger partial charge in [-0.05, 0) is 32.0 Å². The van der Waals surface area contributed by atoms with E-state index in [0.717, 1.165) is 5.57 Å². The van der Waals surface area contributed by atoms with Gasteiger partial charge in [0.15, 0.2) is 0 Å². The molecule has 0 amide bonds. The second-order valence-corrected chi connectivity index (χ2v) is 2.96. The van der Waals surface area contributed by atoms with Gasteiger partial charge < -0.3 is 10.2 Å². The SMILES string of the molecule is CC(C)=Cc1cc(O)ccc1O. The van der Waals surface area contributed by atoms with E-state index < -0.39 is 0 Å². The Hall–Kier alpha value is -1.44. The lowest BCUT2D eigenvalue weighted by molar-refractivity contribution is 0.459. The molecule has 0 atom stereocenters. The van der Waals surface area contributed by atoms with Gasteiger partial charge in [-0.3, -0.25) is 0 Å². The van der Waals surface area contributed by atoms with Crippen LogP contribution in [-0.2, 0) is 0 Å². The van der Waals surface area contributed by atoms with E-state index in [4.69, 9.17) is 5.11 Å². The van der Waals surface area contributed by atoms with Gasteiger partial charge in [0.1, 0.15) is 11.5 Å². The van der Waals surface area contributed by atoms with Gasteiger partial charge >= 0.3 is 0 Å². The molecule has 0 fully saturated rings. The molecule has 1 rings (SSSR count). The summed E-state index contributed by atoms with van der Waals surface area (Å²) in [7, 11) is 0. The summed E-state index contributed by atoms with van der Waals surface area (Å²) in [5.74, 6) is 0.356. The van der Waals surface area contributed by atoms with Crippen LogP contribution in [0, 0.1) is 0 Å². The Labute approximate surface area is 71.8 Å². The number of hydrogen-bond donors (Lipinski definition) is 2. The molecule has 1 aromatic rings. The molecule has 2 N–H and O–H groups in total. The molecule has 0 unspecified atom stereocenters. The maximum absolute atomic E-state index is 9.33. The molecule has 0 saturated carbocycles. The Morgan fingerprint density at radius 2 is 1.92 bits per heavy atom. The van der Waals surface area contributed by atoms with E-state index in [-0.39, 0.29) is 11.5 Å². The highest BCUT2D eigenvalue weighted by Crippen LogP contribution is 2.23. The van der Waals surface area contributed by atoms with Gasteiger partial charge in [-0.2, -0.15) is 0 Å². The summed E-state index contributed by atoms with van der Waals surface area (Å²) in [5.41, 5.74) is 1.73. The first-order valence-corrected chi connectivity index (χ1v) is 3.76. The number of benzene rings is 1. The molecular formula is C10H12O2. The zero-order valence-electron chi connectivity index (χ0n) is 7.20. The molecule has 12 heavy (non-hydrogen) atoms. The molecule has 0 saturated heterocycles. The van der Waals surface area contributed by atoms with Crippen molar-refractivity contribution in [3.05, 3.63) is 29.3 Å². The monoisotopic (exact) mass is 164 g/mol. The van der Waals surface area contributed by atoms with Gasteiger partial charge in [0.05, 0.1) is 0 Å². The summed E-state index contributed by atoms with van der Waals surface area (Å²) < 4.78 is 0. The Morgan fingerprint density at radius 3 is 2.50 bits per heavy atom. The quantitative estimate of drug-likeness (QED) is 0.626. The predicted molar refractivity (Wildman–Crippen MR) is 49.1 cm³/mol. The van der Waals surface area contributed by atoms with E-state index in [1.165, 1.54) is 18.2 Å². The number of rotatable bonds is 1. The van der Waals surface area contributed by atoms with Crippen molar-refractivity contribution >= 4 is 6.08 Å². The molecule has 0 bridgehead atoms. The Bertz CT molecular complexity index is 310. The summed E-state index contributed by atoms with van der Waals surface area (Å²) in [6.45, 7) is 3.87. The highest BCUT2D eigenvalue weighted by atomic mass is 16.3. The summed E-state index contributed by atoms with van der Waals surface area (Å²) in [4.78, 5) is 0. The third kappa shape index (κ3) is 2.02. The number of allylic oxidation sites excluding steroid dienone is 1. The molecule has 0 aliphatic rings. The van der Waals surface area contributed by atoms with Gasteiger partial charge in [0.2, 0.25) is 0 Å². The highest BCUT2D eigenvalue weighted by Gasteiger charge is 1.98. The van der Waals surface area contributed by atoms with Crippen LogP contribution in [0.15, 0.2) is 23.8 Å². The van der Waals surface area contributed by atoms with Crippen LogP contribution in [0.5, 0.6) is 11.5 Å². The van der Waals surface area contributed by atoms with Gasteiger partial charge in [-0.15, -0.1) is 0 Å². The molecule has 0 aromatic heterocycles. The van der Waals surface area contributed by atoms with Crippen LogP contribution in [-0.4, -0.2) is 10.2 Å². The van der Waals surface area contributed by atoms with E-state index in [1.54, 1.807) is 0 Å². The van der Waals surface area contributed by atoms with Crippen molar-refractivity contribution in [2.45, 2.75) is 13.8 Å². The molecule has 64 valence electrons. The lowest BCUT2D eigenvalue weighted by Crippen LogP contribution is -1.75. The second-order valence-electron chi connectivity index (χ2n) is 2.96. The van der Waals surface area contributed by atoms with Crippen molar-refractivity contribution < 1.29 is 10.2 Å². The molecule has 2 nitrogen and oxygen atoms in total. The molecule has 0 radical (unpaired) electrons. The number of hydrogen-bond acceptors (Lipinski definition) is 2. The van der Waals surface area contributed by atoms with Crippen LogP contribution >= 0.6 is 0 Å². The third-order valence-electron chi connectivity index (χ3n) is 1.46. The molecule has 0 heterocycles. The third-order valence-corrected chi connectivity index (χ3v) is 1.46. The first-order chi connectivity index (χ1) is 5.59. The molecule has 0 aliphatic heterocycles. The van der Waals surface area contributed by atoms with Crippen LogP contribution in [0.4, 0.5) is 0 Å². The van der Waals surface area contributed by atoms with E-state index >= 15 is 0 Å². The summed E-state index contributed by atoms with van der Waals surface area (Å²) >= 11 is 0. The van der Waals surface area contributed by atoms with E-state index in [1.807, 2.05) is 19.9 Å². The number of aromatic hydroxyl groups is 2. The molecule has 0 spiro atoms. The fraction of sp³-hybridized carbons (Fsp3) is 0.200. The first-order valence-electron chi connectivity index (χ1n) is 3.76. The Balaban J connectivity index is 3.14. The van der Waals surface area contributed by atoms with Gasteiger partial charge in [-0.25, -0.2) is 0 Å². The molecule has 1 aromatic carbocycles. The maximum Gasteiger partial charge on any atom is 0.123 e. The van der Waals surface area contributed by atoms with Crippen molar-refractivity contribution in [3.63, 3.8) is 0 Å². The topological polar surface area (TPSA) is 40.5 Å². The van der Waals surface area contributed by atoms with E-state index in [0.29, 0.717) is 5.56 Å². The van der Waals surface area contributed by atoms with Crippen LogP contribution in [0.2, 0.25) is 0 Å². The van der Waals surface area contributed by atoms with Crippen LogP contribution in [0.3, 0.4) is 0 Å². The number of phenols is 2. The zero-order valence-corrected chi connectivity index (χ0v) is 7.20. The summed E-state index contributed by atoms with van der Waals surface area (Å²) in [6.07, 6.45) is 1.81. The predicted octanol–water partition coefficient (Wildman–Crippen LogP) is 2.52. The van der Waals surface area contributed by atoms with E-state index in [9.17, 15) is 5.11 Å². The normalized spacial score (nSPS) is 9.50. The van der Waals surface area contributed by atoms with Gasteiger partial charge in [0, 0.05) is 5.56 Å². The first kappa shape index (κ1) is 8.65. The van der Waals surface area contributed by atoms with Crippen molar-refractivity contribution in [2.75, 3.05) is 0 Å². The van der Waals surface area contributed by atoms with Crippen LogP contribution in [0.1, 0.15) is 19.4 Å². The average Bonchev–Trinajstić information content (AvgIpc) is 1.96. The van der Waals surface area contributed by atoms with Gasteiger partial charge in [0.25, 0.3) is 0 Å². The van der Waals surface area contributed by atoms with Crippen LogP contribution < -0.4 is 0 Å². The number of phenolic OH excluding ortho intramolecular Hbond substituents is 2. The standard InChI is InChI=1S/C10H12O2/c1-7(2)5-8-6-9(11)3-4-10(8)12/h3-6,11-12H,1-2H3. The zero-order chi connectivity index (χ0) is 9.14.